The van der Waals surface area contributed by atoms with Crippen LogP contribution in [0.5, 0.6) is 0 Å². The van der Waals surface area contributed by atoms with Crippen LogP contribution >= 0.6 is 0 Å². The molecule has 1 aliphatic carbocycles. The Morgan fingerprint density at radius 3 is 2.84 bits per heavy atom. The second-order valence-corrected chi connectivity index (χ2v) is 5.66. The van der Waals surface area contributed by atoms with Crippen LogP contribution in [0.2, 0.25) is 0 Å². The van der Waals surface area contributed by atoms with Gasteiger partial charge in [0.1, 0.15) is 0 Å². The van der Waals surface area contributed by atoms with Gasteiger partial charge in [0.25, 0.3) is 0 Å². The summed E-state index contributed by atoms with van der Waals surface area (Å²) in [7, 11) is 0. The maximum atomic E-state index is 11.6. The first-order chi connectivity index (χ1) is 9.04. The lowest BCUT2D eigenvalue weighted by molar-refractivity contribution is -0.137. The molecule has 4 heteroatoms. The summed E-state index contributed by atoms with van der Waals surface area (Å²) in [5.41, 5.74) is 4.00. The number of hydrogen-bond acceptors (Lipinski definition) is 2. The van der Waals surface area contributed by atoms with E-state index in [1.54, 1.807) is 0 Å². The third kappa shape index (κ3) is 2.35. The molecule has 0 bridgehead atoms. The van der Waals surface area contributed by atoms with Crippen molar-refractivity contribution in [2.45, 2.75) is 38.5 Å². The molecule has 1 atom stereocenters. The lowest BCUT2D eigenvalue weighted by Gasteiger charge is -2.19. The molecule has 100 valence electrons. The number of aliphatic carboxylic acids is 1. The first kappa shape index (κ1) is 12.2. The second-order valence-electron chi connectivity index (χ2n) is 5.66. The third-order valence-electron chi connectivity index (χ3n) is 4.00. The summed E-state index contributed by atoms with van der Waals surface area (Å²) in [5, 5.41) is 12.0. The van der Waals surface area contributed by atoms with Crippen molar-refractivity contribution in [1.29, 1.82) is 0 Å². The molecule has 19 heavy (non-hydrogen) atoms. The molecule has 0 aromatic heterocycles. The number of hydrogen-bond donors (Lipinski definition) is 2. The van der Waals surface area contributed by atoms with E-state index < -0.39 is 5.97 Å². The van der Waals surface area contributed by atoms with Crippen molar-refractivity contribution in [3.63, 3.8) is 0 Å². The summed E-state index contributed by atoms with van der Waals surface area (Å²) in [6.45, 7) is 2.00. The van der Waals surface area contributed by atoms with E-state index in [1.165, 1.54) is 0 Å². The van der Waals surface area contributed by atoms with Crippen molar-refractivity contribution in [3.05, 3.63) is 28.8 Å². The topological polar surface area (TPSA) is 66.4 Å². The molecule has 1 aromatic carbocycles. The van der Waals surface area contributed by atoms with Gasteiger partial charge in [-0.1, -0.05) is 17.7 Å². The molecule has 3 rings (SSSR count). The minimum atomic E-state index is -0.767. The molecule has 2 N–H and O–H groups in total. The maximum absolute atomic E-state index is 11.6. The van der Waals surface area contributed by atoms with Crippen LogP contribution in [0.4, 0.5) is 5.69 Å². The number of rotatable bonds is 4. The Labute approximate surface area is 111 Å². The Bertz CT molecular complexity index is 561. The normalized spacial score (nSPS) is 18.9. The lowest BCUT2D eigenvalue weighted by atomic mass is 9.87. The number of fused-ring (bicyclic) bond motifs is 1. The van der Waals surface area contributed by atoms with Gasteiger partial charge in [0.05, 0.1) is 12.8 Å². The van der Waals surface area contributed by atoms with Crippen molar-refractivity contribution in [2.75, 3.05) is 5.32 Å². The monoisotopic (exact) mass is 259 g/mol. The molecule has 0 spiro atoms. The fourth-order valence-electron chi connectivity index (χ4n) is 3.05. The van der Waals surface area contributed by atoms with Crippen LogP contribution in [0, 0.1) is 12.8 Å². The van der Waals surface area contributed by atoms with Crippen molar-refractivity contribution < 1.29 is 14.7 Å². The zero-order chi connectivity index (χ0) is 13.6. The van der Waals surface area contributed by atoms with E-state index in [4.69, 9.17) is 5.11 Å². The van der Waals surface area contributed by atoms with Crippen molar-refractivity contribution >= 4 is 17.6 Å². The highest BCUT2D eigenvalue weighted by Gasteiger charge is 2.36. The predicted octanol–water partition coefficient (Wildman–Crippen LogP) is 2.46. The number of aryl methyl sites for hydroxylation is 1. The fraction of sp³-hybridized carbons (Fsp3) is 0.467. The highest BCUT2D eigenvalue weighted by molar-refractivity contribution is 6.00. The first-order valence-corrected chi connectivity index (χ1v) is 6.69. The first-order valence-electron chi connectivity index (χ1n) is 6.69. The number of amides is 1. The van der Waals surface area contributed by atoms with Gasteiger partial charge in [0.15, 0.2) is 0 Å². The molecule has 2 aliphatic rings. The van der Waals surface area contributed by atoms with E-state index >= 15 is 0 Å². The van der Waals surface area contributed by atoms with Crippen molar-refractivity contribution in [1.82, 2.24) is 0 Å². The van der Waals surface area contributed by atoms with Gasteiger partial charge in [-0.2, -0.15) is 0 Å². The largest absolute Gasteiger partial charge is 0.481 e. The maximum Gasteiger partial charge on any atom is 0.303 e. The Kier molecular flexibility index (Phi) is 2.81. The molecule has 4 nitrogen and oxygen atoms in total. The minimum absolute atomic E-state index is 0.00622. The molecule has 1 saturated carbocycles. The quantitative estimate of drug-likeness (QED) is 0.872. The molecule has 1 unspecified atom stereocenters. The van der Waals surface area contributed by atoms with Gasteiger partial charge in [-0.3, -0.25) is 9.59 Å². The number of nitrogens with one attached hydrogen (secondary N) is 1. The van der Waals surface area contributed by atoms with Gasteiger partial charge >= 0.3 is 5.97 Å². The molecule has 1 fully saturated rings. The Hall–Kier alpha value is -1.84. The molecule has 1 aromatic rings. The summed E-state index contributed by atoms with van der Waals surface area (Å²) in [5.74, 6) is -0.271. The van der Waals surface area contributed by atoms with Crippen LogP contribution < -0.4 is 5.32 Å². The number of benzene rings is 1. The average Bonchev–Trinajstić information content (AvgIpc) is 3.07. The van der Waals surface area contributed by atoms with E-state index in [0.717, 1.165) is 35.2 Å². The third-order valence-corrected chi connectivity index (χ3v) is 4.00. The highest BCUT2D eigenvalue weighted by atomic mass is 16.4. The van der Waals surface area contributed by atoms with E-state index in [9.17, 15) is 9.59 Å². The van der Waals surface area contributed by atoms with E-state index in [0.29, 0.717) is 12.3 Å². The standard InChI is InChI=1S/C15H17NO3/c1-8-4-10-6-13(17)16-15(10)12(5-8)11(7-14(18)19)9-2-3-9/h4-5,9,11H,2-3,6-7H2,1H3,(H,16,17)(H,18,19). The van der Waals surface area contributed by atoms with E-state index in [2.05, 4.69) is 5.32 Å². The molecule has 1 aliphatic heterocycles. The zero-order valence-corrected chi connectivity index (χ0v) is 10.9. The zero-order valence-electron chi connectivity index (χ0n) is 10.9. The van der Waals surface area contributed by atoms with Gasteiger partial charge in [-0.15, -0.1) is 0 Å². The Morgan fingerprint density at radius 1 is 1.47 bits per heavy atom. The predicted molar refractivity (Wildman–Crippen MR) is 71.2 cm³/mol. The lowest BCUT2D eigenvalue weighted by Crippen LogP contribution is -2.12. The molecular formula is C15H17NO3. The van der Waals surface area contributed by atoms with Crippen LogP contribution in [-0.2, 0) is 16.0 Å². The van der Waals surface area contributed by atoms with Gasteiger partial charge < -0.3 is 10.4 Å². The second kappa shape index (κ2) is 4.37. The number of carbonyl (C=O) groups is 2. The van der Waals surface area contributed by atoms with Gasteiger partial charge in [-0.25, -0.2) is 0 Å². The van der Waals surface area contributed by atoms with Crippen LogP contribution in [0.25, 0.3) is 0 Å². The smallest absolute Gasteiger partial charge is 0.303 e. The van der Waals surface area contributed by atoms with Crippen LogP contribution in [0.1, 0.15) is 41.9 Å². The fourth-order valence-corrected chi connectivity index (χ4v) is 3.05. The number of carbonyl (C=O) groups excluding carboxylic acids is 1. The molecule has 0 saturated heterocycles. The van der Waals surface area contributed by atoms with E-state index in [-0.39, 0.29) is 18.2 Å². The van der Waals surface area contributed by atoms with Crippen LogP contribution in [0.3, 0.4) is 0 Å². The number of anilines is 1. The van der Waals surface area contributed by atoms with Gasteiger partial charge in [0.2, 0.25) is 5.91 Å². The minimum Gasteiger partial charge on any atom is -0.481 e. The average molecular weight is 259 g/mol. The summed E-state index contributed by atoms with van der Waals surface area (Å²) < 4.78 is 0. The number of carboxylic acid groups (broad SMARTS) is 1. The SMILES string of the molecule is Cc1cc2c(c(C(CC(=O)O)C3CC3)c1)NC(=O)C2. The van der Waals surface area contributed by atoms with Gasteiger partial charge in [0, 0.05) is 5.69 Å². The summed E-state index contributed by atoms with van der Waals surface area (Å²) >= 11 is 0. The van der Waals surface area contributed by atoms with Crippen molar-refractivity contribution in [3.8, 4) is 0 Å². The van der Waals surface area contributed by atoms with Crippen LogP contribution in [-0.4, -0.2) is 17.0 Å². The number of carboxylic acids is 1. The Balaban J connectivity index is 2.03. The molecule has 1 heterocycles. The summed E-state index contributed by atoms with van der Waals surface area (Å²) in [4.78, 5) is 22.6. The molecular weight excluding hydrogens is 242 g/mol. The highest BCUT2D eigenvalue weighted by Crippen LogP contribution is 2.48. The molecule has 0 radical (unpaired) electrons. The summed E-state index contributed by atoms with van der Waals surface area (Å²) in [6.07, 6.45) is 2.74. The van der Waals surface area contributed by atoms with Crippen LogP contribution in [0.15, 0.2) is 12.1 Å². The Morgan fingerprint density at radius 2 is 2.21 bits per heavy atom. The van der Waals surface area contributed by atoms with Gasteiger partial charge in [-0.05, 0) is 42.7 Å². The molecule has 1 amide bonds. The van der Waals surface area contributed by atoms with E-state index in [1.807, 2.05) is 19.1 Å². The summed E-state index contributed by atoms with van der Waals surface area (Å²) in [6, 6.07) is 4.05. The van der Waals surface area contributed by atoms with Crippen molar-refractivity contribution in [2.24, 2.45) is 5.92 Å².